The van der Waals surface area contributed by atoms with Crippen molar-refractivity contribution < 1.29 is 9.90 Å². The van der Waals surface area contributed by atoms with Crippen LogP contribution in [0.4, 0.5) is 0 Å². The molecule has 0 bridgehead atoms. The number of carboxylic acid groups (broad SMARTS) is 1. The molecule has 2 aromatic rings. The van der Waals surface area contributed by atoms with E-state index in [4.69, 9.17) is 5.11 Å². The summed E-state index contributed by atoms with van der Waals surface area (Å²) in [4.78, 5) is 10.6. The largest absolute Gasteiger partial charge is 0.481 e. The van der Waals surface area contributed by atoms with Gasteiger partial charge in [0.1, 0.15) is 0 Å². The van der Waals surface area contributed by atoms with Gasteiger partial charge in [0.2, 0.25) is 0 Å². The Bertz CT molecular complexity index is 475. The molecule has 3 heteroatoms. The Balaban J connectivity index is 0.00000112. The minimum atomic E-state index is -0.790. The van der Waals surface area contributed by atoms with Gasteiger partial charge in [0, 0.05) is 0 Å². The molecule has 0 aliphatic carbocycles. The summed E-state index contributed by atoms with van der Waals surface area (Å²) in [5.74, 6) is -0.790. The van der Waals surface area contributed by atoms with E-state index in [1.54, 1.807) is 0 Å². The Morgan fingerprint density at radius 1 is 1.07 bits per heavy atom. The zero-order valence-corrected chi connectivity index (χ0v) is 8.60. The quantitative estimate of drug-likeness (QED) is 0.789. The summed E-state index contributed by atoms with van der Waals surface area (Å²) in [6.07, 6.45) is 0.0847. The molecule has 5 N–H and O–H groups in total. The number of benzene rings is 2. The highest BCUT2D eigenvalue weighted by Gasteiger charge is 2.03. The topological polar surface area (TPSA) is 73.8 Å². The van der Waals surface area contributed by atoms with E-state index in [9.17, 15) is 4.79 Å². The van der Waals surface area contributed by atoms with Gasteiger partial charge in [0.25, 0.3) is 0 Å². The molecule has 0 unspecified atom stereocenters. The van der Waals surface area contributed by atoms with E-state index in [1.807, 2.05) is 42.5 Å². The minimum absolute atomic E-state index is 0. The van der Waals surface area contributed by atoms with Crippen molar-refractivity contribution in [3.8, 4) is 0 Å². The maximum atomic E-state index is 10.6. The molecule has 0 aromatic heterocycles. The summed E-state index contributed by atoms with van der Waals surface area (Å²) >= 11 is 0. The Kier molecular flexibility index (Phi) is 3.42. The number of rotatable bonds is 2. The molecule has 0 spiro atoms. The van der Waals surface area contributed by atoms with E-state index < -0.39 is 5.97 Å². The summed E-state index contributed by atoms with van der Waals surface area (Å²) in [6.45, 7) is 0. The van der Waals surface area contributed by atoms with Crippen LogP contribution in [0.15, 0.2) is 42.5 Å². The monoisotopic (exact) mass is 204 g/mol. The van der Waals surface area contributed by atoms with Crippen LogP contribution in [0.5, 0.6) is 0 Å². The first-order chi connectivity index (χ1) is 6.77. The number of hydrogen-bond donors (Lipinski definition) is 2. The summed E-state index contributed by atoms with van der Waals surface area (Å²) in [5, 5.41) is 10.8. The minimum Gasteiger partial charge on any atom is -0.481 e. The highest BCUT2D eigenvalue weighted by molar-refractivity contribution is 5.88. The van der Waals surface area contributed by atoms with E-state index in [1.165, 1.54) is 0 Å². The summed E-state index contributed by atoms with van der Waals surface area (Å²) in [6, 6.07) is 13.5. The van der Waals surface area contributed by atoms with E-state index in [-0.39, 0.29) is 12.6 Å². The number of hydrogen-bond acceptors (Lipinski definition) is 1. The third-order valence-electron chi connectivity index (χ3n) is 2.22. The summed E-state index contributed by atoms with van der Waals surface area (Å²) in [7, 11) is 0. The van der Waals surface area contributed by atoms with Crippen LogP contribution in [0.2, 0.25) is 0 Å². The van der Waals surface area contributed by atoms with Gasteiger partial charge < -0.3 is 11.3 Å². The SMILES string of the molecule is O=C(O)Cc1cccc2ccccc12.[NH4+]. The van der Waals surface area contributed by atoms with Gasteiger partial charge in [-0.25, -0.2) is 0 Å². The first-order valence-electron chi connectivity index (χ1n) is 4.46. The predicted molar refractivity (Wildman–Crippen MR) is 61.3 cm³/mol. The molecule has 0 heterocycles. The van der Waals surface area contributed by atoms with Crippen molar-refractivity contribution in [1.82, 2.24) is 6.15 Å². The molecule has 2 rings (SSSR count). The molecule has 0 radical (unpaired) electrons. The lowest BCUT2D eigenvalue weighted by atomic mass is 10.0. The fourth-order valence-electron chi connectivity index (χ4n) is 1.61. The zero-order chi connectivity index (χ0) is 9.97. The Labute approximate surface area is 87.9 Å². The average Bonchev–Trinajstić information content (AvgIpc) is 2.18. The highest BCUT2D eigenvalue weighted by atomic mass is 16.4. The van der Waals surface area contributed by atoms with E-state index >= 15 is 0 Å². The molecule has 0 atom stereocenters. The third kappa shape index (κ3) is 2.33. The van der Waals surface area contributed by atoms with Crippen molar-refractivity contribution in [2.75, 3.05) is 0 Å². The molecule has 0 saturated heterocycles. The highest BCUT2D eigenvalue weighted by Crippen LogP contribution is 2.18. The molecular formula is C12H14NO2+. The van der Waals surface area contributed by atoms with Crippen LogP contribution in [0, 0.1) is 0 Å². The number of quaternary nitrogens is 1. The second kappa shape index (κ2) is 4.57. The Morgan fingerprint density at radius 2 is 1.73 bits per heavy atom. The molecule has 0 amide bonds. The molecule has 2 aromatic carbocycles. The first-order valence-corrected chi connectivity index (χ1v) is 4.46. The summed E-state index contributed by atoms with van der Waals surface area (Å²) in [5.41, 5.74) is 0.871. The number of carboxylic acids is 1. The molecule has 0 aliphatic heterocycles. The normalized spacial score (nSPS) is 9.60. The van der Waals surface area contributed by atoms with Crippen LogP contribution in [-0.4, -0.2) is 11.1 Å². The fourth-order valence-corrected chi connectivity index (χ4v) is 1.61. The van der Waals surface area contributed by atoms with Crippen LogP contribution >= 0.6 is 0 Å². The average molecular weight is 204 g/mol. The van der Waals surface area contributed by atoms with Crippen molar-refractivity contribution >= 4 is 16.7 Å². The second-order valence-corrected chi connectivity index (χ2v) is 3.21. The standard InChI is InChI=1S/C12H10O2.H3N/c13-12(14)8-10-6-3-5-9-4-1-2-7-11(9)10;/h1-7H,8H2,(H,13,14);1H3/p+1. The van der Waals surface area contributed by atoms with Crippen LogP contribution in [0.25, 0.3) is 10.8 Å². The molecule has 78 valence electrons. The third-order valence-corrected chi connectivity index (χ3v) is 2.22. The second-order valence-electron chi connectivity index (χ2n) is 3.21. The van der Waals surface area contributed by atoms with Gasteiger partial charge in [-0.1, -0.05) is 42.5 Å². The van der Waals surface area contributed by atoms with Crippen molar-refractivity contribution in [1.29, 1.82) is 0 Å². The molecule has 15 heavy (non-hydrogen) atoms. The first kappa shape index (κ1) is 11.2. The van der Waals surface area contributed by atoms with Gasteiger partial charge in [-0.3, -0.25) is 4.79 Å². The Morgan fingerprint density at radius 3 is 2.47 bits per heavy atom. The van der Waals surface area contributed by atoms with Gasteiger partial charge in [-0.15, -0.1) is 0 Å². The summed E-state index contributed by atoms with van der Waals surface area (Å²) < 4.78 is 0. The number of aliphatic carboxylic acids is 1. The maximum Gasteiger partial charge on any atom is 0.307 e. The maximum absolute atomic E-state index is 10.6. The van der Waals surface area contributed by atoms with Gasteiger partial charge >= 0.3 is 5.97 Å². The van der Waals surface area contributed by atoms with Gasteiger partial charge in [-0.2, -0.15) is 0 Å². The van der Waals surface area contributed by atoms with Crippen molar-refractivity contribution in [2.24, 2.45) is 0 Å². The van der Waals surface area contributed by atoms with E-state index in [0.29, 0.717) is 0 Å². The smallest absolute Gasteiger partial charge is 0.307 e. The van der Waals surface area contributed by atoms with E-state index in [2.05, 4.69) is 0 Å². The molecule has 0 saturated carbocycles. The van der Waals surface area contributed by atoms with Crippen LogP contribution in [0.3, 0.4) is 0 Å². The predicted octanol–water partition coefficient (Wildman–Crippen LogP) is 2.84. The molecular weight excluding hydrogens is 190 g/mol. The lowest BCUT2D eigenvalue weighted by Gasteiger charge is -2.02. The van der Waals surface area contributed by atoms with Crippen molar-refractivity contribution in [2.45, 2.75) is 6.42 Å². The number of fused-ring (bicyclic) bond motifs is 1. The molecule has 3 nitrogen and oxygen atoms in total. The van der Waals surface area contributed by atoms with Crippen LogP contribution in [0.1, 0.15) is 5.56 Å². The van der Waals surface area contributed by atoms with Gasteiger partial charge in [-0.05, 0) is 16.3 Å². The lowest BCUT2D eigenvalue weighted by Crippen LogP contribution is -2.00. The van der Waals surface area contributed by atoms with Crippen molar-refractivity contribution in [3.05, 3.63) is 48.0 Å². The lowest BCUT2D eigenvalue weighted by molar-refractivity contribution is -0.136. The van der Waals surface area contributed by atoms with Crippen LogP contribution < -0.4 is 6.15 Å². The Hall–Kier alpha value is -1.87. The molecule has 0 aliphatic rings. The van der Waals surface area contributed by atoms with Gasteiger partial charge in [0.15, 0.2) is 0 Å². The van der Waals surface area contributed by atoms with E-state index in [0.717, 1.165) is 16.3 Å². The fraction of sp³-hybridized carbons (Fsp3) is 0.0833. The zero-order valence-electron chi connectivity index (χ0n) is 8.60. The molecule has 0 fully saturated rings. The van der Waals surface area contributed by atoms with Gasteiger partial charge in [0.05, 0.1) is 6.42 Å². The van der Waals surface area contributed by atoms with Crippen LogP contribution in [-0.2, 0) is 11.2 Å². The van der Waals surface area contributed by atoms with Crippen molar-refractivity contribution in [3.63, 3.8) is 0 Å². The number of carbonyl (C=O) groups is 1.